The summed E-state index contributed by atoms with van der Waals surface area (Å²) in [7, 11) is 3.66. The molecule has 0 saturated carbocycles. The number of carbonyl (C=O) groups excluding carboxylic acids is 3. The lowest BCUT2D eigenvalue weighted by Gasteiger charge is -2.22. The monoisotopic (exact) mass is 332 g/mol. The van der Waals surface area contributed by atoms with Crippen LogP contribution in [0.2, 0.25) is 0 Å². The Hall–Kier alpha value is -2.05. The molecule has 2 rings (SSSR count). The lowest BCUT2D eigenvalue weighted by atomic mass is 9.80. The summed E-state index contributed by atoms with van der Waals surface area (Å²) in [4.78, 5) is 37.7. The molecule has 1 N–H and O–H groups in total. The van der Waals surface area contributed by atoms with Gasteiger partial charge in [-0.2, -0.15) is 0 Å². The van der Waals surface area contributed by atoms with Gasteiger partial charge in [0, 0.05) is 36.6 Å². The second-order valence-corrected chi connectivity index (χ2v) is 6.22. The maximum absolute atomic E-state index is 12.4. The lowest BCUT2D eigenvalue weighted by molar-refractivity contribution is -0.121. The molecule has 1 unspecified atom stereocenters. The van der Waals surface area contributed by atoms with E-state index in [1.807, 2.05) is 14.1 Å². The number of Topliss-reactive ketones (excluding diaryl/α,β-unsaturated/α-hetero) is 2. The minimum atomic E-state index is -0.310. The van der Waals surface area contributed by atoms with E-state index in [-0.39, 0.29) is 29.8 Å². The van der Waals surface area contributed by atoms with Crippen LogP contribution in [0.15, 0.2) is 24.3 Å². The summed E-state index contributed by atoms with van der Waals surface area (Å²) in [6, 6.07) is 6.97. The van der Waals surface area contributed by atoms with Gasteiger partial charge < -0.3 is 15.0 Å². The molecule has 1 aliphatic rings. The Balaban J connectivity index is 1.69. The van der Waals surface area contributed by atoms with E-state index in [0.717, 1.165) is 0 Å². The van der Waals surface area contributed by atoms with Crippen molar-refractivity contribution in [1.29, 1.82) is 0 Å². The van der Waals surface area contributed by atoms with E-state index >= 15 is 0 Å². The Morgan fingerprint density at radius 3 is 2.62 bits per heavy atom. The third-order valence-corrected chi connectivity index (χ3v) is 3.93. The molecular weight excluding hydrogens is 308 g/mol. The Bertz CT molecular complexity index is 613. The second kappa shape index (κ2) is 8.70. The Kier molecular flexibility index (Phi) is 6.63. The SMILES string of the molecule is CN(C)CC(=O)NCCOCCC1CC(=O)c2ccccc2C1=O. The van der Waals surface area contributed by atoms with Crippen LogP contribution in [0.25, 0.3) is 0 Å². The molecule has 0 radical (unpaired) electrons. The van der Waals surface area contributed by atoms with Crippen molar-refractivity contribution < 1.29 is 19.1 Å². The topological polar surface area (TPSA) is 75.7 Å². The van der Waals surface area contributed by atoms with Crippen LogP contribution in [0.4, 0.5) is 0 Å². The highest BCUT2D eigenvalue weighted by molar-refractivity contribution is 6.14. The van der Waals surface area contributed by atoms with Crippen molar-refractivity contribution in [3.63, 3.8) is 0 Å². The molecule has 6 nitrogen and oxygen atoms in total. The molecule has 1 aliphatic carbocycles. The van der Waals surface area contributed by atoms with Crippen molar-refractivity contribution in [2.45, 2.75) is 12.8 Å². The maximum atomic E-state index is 12.4. The summed E-state index contributed by atoms with van der Waals surface area (Å²) >= 11 is 0. The summed E-state index contributed by atoms with van der Waals surface area (Å²) in [5.41, 5.74) is 1.05. The molecule has 0 aromatic heterocycles. The van der Waals surface area contributed by atoms with Crippen LogP contribution in [0.1, 0.15) is 33.6 Å². The van der Waals surface area contributed by atoms with E-state index in [1.54, 1.807) is 29.2 Å². The summed E-state index contributed by atoms with van der Waals surface area (Å²) in [5, 5.41) is 2.75. The number of benzene rings is 1. The molecule has 0 aliphatic heterocycles. The van der Waals surface area contributed by atoms with Crippen LogP contribution in [-0.2, 0) is 9.53 Å². The molecule has 1 aromatic rings. The first-order valence-corrected chi connectivity index (χ1v) is 8.14. The Labute approximate surface area is 142 Å². The number of rotatable bonds is 8. The first-order valence-electron chi connectivity index (χ1n) is 8.14. The molecule has 1 amide bonds. The van der Waals surface area contributed by atoms with E-state index < -0.39 is 0 Å². The maximum Gasteiger partial charge on any atom is 0.234 e. The number of ether oxygens (including phenoxy) is 1. The summed E-state index contributed by atoms with van der Waals surface area (Å²) in [6.45, 7) is 1.57. The standard InChI is InChI=1S/C18H24N2O4/c1-20(2)12-17(22)19-8-10-24-9-7-13-11-16(21)14-5-3-4-6-15(14)18(13)23/h3-6,13H,7-12H2,1-2H3,(H,19,22). The van der Waals surface area contributed by atoms with Crippen LogP contribution in [0.5, 0.6) is 0 Å². The molecule has 0 spiro atoms. The smallest absolute Gasteiger partial charge is 0.234 e. The fourth-order valence-electron chi connectivity index (χ4n) is 2.75. The van der Waals surface area contributed by atoms with E-state index in [2.05, 4.69) is 5.32 Å². The number of amides is 1. The van der Waals surface area contributed by atoms with Gasteiger partial charge in [-0.25, -0.2) is 0 Å². The molecule has 1 atom stereocenters. The molecule has 0 saturated heterocycles. The molecule has 24 heavy (non-hydrogen) atoms. The fourth-order valence-corrected chi connectivity index (χ4v) is 2.75. The minimum absolute atomic E-state index is 0.0196. The number of hydrogen-bond acceptors (Lipinski definition) is 5. The number of fused-ring (bicyclic) bond motifs is 1. The summed E-state index contributed by atoms with van der Waals surface area (Å²) in [5.74, 6) is -0.316. The zero-order valence-corrected chi connectivity index (χ0v) is 14.2. The van der Waals surface area contributed by atoms with Gasteiger partial charge in [-0.15, -0.1) is 0 Å². The van der Waals surface area contributed by atoms with Crippen LogP contribution in [0.3, 0.4) is 0 Å². The highest BCUT2D eigenvalue weighted by Crippen LogP contribution is 2.27. The van der Waals surface area contributed by atoms with Gasteiger partial charge in [0.05, 0.1) is 13.2 Å². The number of nitrogens with zero attached hydrogens (tertiary/aromatic N) is 1. The Morgan fingerprint density at radius 1 is 1.21 bits per heavy atom. The number of nitrogens with one attached hydrogen (secondary N) is 1. The van der Waals surface area contributed by atoms with Crippen molar-refractivity contribution in [2.24, 2.45) is 5.92 Å². The van der Waals surface area contributed by atoms with Crippen molar-refractivity contribution in [2.75, 3.05) is 40.4 Å². The zero-order chi connectivity index (χ0) is 17.5. The van der Waals surface area contributed by atoms with Crippen LogP contribution < -0.4 is 5.32 Å². The minimum Gasteiger partial charge on any atom is -0.380 e. The zero-order valence-electron chi connectivity index (χ0n) is 14.2. The van der Waals surface area contributed by atoms with Gasteiger partial charge in [0.2, 0.25) is 5.91 Å². The molecule has 6 heteroatoms. The van der Waals surface area contributed by atoms with Crippen LogP contribution in [-0.4, -0.2) is 62.8 Å². The van der Waals surface area contributed by atoms with Crippen molar-refractivity contribution in [3.05, 3.63) is 35.4 Å². The second-order valence-electron chi connectivity index (χ2n) is 6.22. The van der Waals surface area contributed by atoms with Gasteiger partial charge in [0.1, 0.15) is 0 Å². The summed E-state index contributed by atoms with van der Waals surface area (Å²) in [6.07, 6.45) is 0.767. The first kappa shape index (κ1) is 18.3. The van der Waals surface area contributed by atoms with Gasteiger partial charge in [-0.1, -0.05) is 24.3 Å². The normalized spacial score (nSPS) is 17.0. The van der Waals surface area contributed by atoms with E-state index in [9.17, 15) is 14.4 Å². The number of likely N-dealkylation sites (N-methyl/N-ethyl adjacent to an activating group) is 1. The quantitative estimate of drug-likeness (QED) is 0.723. The first-order chi connectivity index (χ1) is 11.5. The largest absolute Gasteiger partial charge is 0.380 e. The number of hydrogen-bond donors (Lipinski definition) is 1. The van der Waals surface area contributed by atoms with Crippen molar-refractivity contribution in [1.82, 2.24) is 10.2 Å². The average molecular weight is 332 g/mol. The Morgan fingerprint density at radius 2 is 1.92 bits per heavy atom. The number of ketones is 2. The molecule has 0 bridgehead atoms. The average Bonchev–Trinajstić information content (AvgIpc) is 2.54. The van der Waals surface area contributed by atoms with E-state index in [4.69, 9.17) is 4.74 Å². The molecule has 130 valence electrons. The van der Waals surface area contributed by atoms with E-state index in [1.165, 1.54) is 0 Å². The molecule has 1 aromatic carbocycles. The fraction of sp³-hybridized carbons (Fsp3) is 0.500. The molecule has 0 heterocycles. The van der Waals surface area contributed by atoms with Gasteiger partial charge in [-0.05, 0) is 20.5 Å². The predicted octanol–water partition coefficient (Wildman–Crippen LogP) is 1.16. The van der Waals surface area contributed by atoms with Crippen molar-refractivity contribution in [3.8, 4) is 0 Å². The van der Waals surface area contributed by atoms with Crippen LogP contribution >= 0.6 is 0 Å². The van der Waals surface area contributed by atoms with E-state index in [0.29, 0.717) is 43.9 Å². The van der Waals surface area contributed by atoms with Crippen LogP contribution in [0, 0.1) is 5.92 Å². The third kappa shape index (κ3) is 4.97. The van der Waals surface area contributed by atoms with Gasteiger partial charge >= 0.3 is 0 Å². The van der Waals surface area contributed by atoms with Crippen molar-refractivity contribution >= 4 is 17.5 Å². The highest BCUT2D eigenvalue weighted by atomic mass is 16.5. The third-order valence-electron chi connectivity index (χ3n) is 3.93. The lowest BCUT2D eigenvalue weighted by Crippen LogP contribution is -2.35. The summed E-state index contributed by atoms with van der Waals surface area (Å²) < 4.78 is 5.47. The number of carbonyl (C=O) groups is 3. The van der Waals surface area contributed by atoms with Gasteiger partial charge in [0.25, 0.3) is 0 Å². The predicted molar refractivity (Wildman–Crippen MR) is 90.2 cm³/mol. The molecule has 0 fully saturated rings. The highest BCUT2D eigenvalue weighted by Gasteiger charge is 2.31. The van der Waals surface area contributed by atoms with Gasteiger partial charge in [0.15, 0.2) is 11.6 Å². The van der Waals surface area contributed by atoms with Gasteiger partial charge in [-0.3, -0.25) is 14.4 Å². The molecular formula is C18H24N2O4.